The fourth-order valence-electron chi connectivity index (χ4n) is 4.46. The third kappa shape index (κ3) is 4.32. The molecule has 0 saturated heterocycles. The Morgan fingerprint density at radius 2 is 1.27 bits per heavy atom. The van der Waals surface area contributed by atoms with Crippen LogP contribution in [0.15, 0.2) is 60.7 Å². The lowest BCUT2D eigenvalue weighted by atomic mass is 9.88. The van der Waals surface area contributed by atoms with Crippen molar-refractivity contribution in [2.24, 2.45) is 0 Å². The second kappa shape index (κ2) is 9.78. The summed E-state index contributed by atoms with van der Waals surface area (Å²) >= 11 is 1.46. The quantitative estimate of drug-likeness (QED) is 0.191. The maximum absolute atomic E-state index is 9.60. The maximum atomic E-state index is 9.60. The van der Waals surface area contributed by atoms with Crippen LogP contribution in [0.2, 0.25) is 0 Å². The van der Waals surface area contributed by atoms with E-state index < -0.39 is 7.12 Å². The molecule has 154 valence electrons. The molecule has 0 amide bonds. The number of hydrogen-bond donors (Lipinski definition) is 2. The van der Waals surface area contributed by atoms with Gasteiger partial charge >= 0.3 is 7.12 Å². The van der Waals surface area contributed by atoms with E-state index in [4.69, 9.17) is 0 Å². The molecule has 2 N–H and O–H groups in total. The SMILES string of the molecule is CCCCCCCCc1c2ccccc2c(-c2ccc(B(O)O)s2)c2ccccc12. The first-order chi connectivity index (χ1) is 14.7. The highest BCUT2D eigenvalue weighted by Gasteiger charge is 2.19. The van der Waals surface area contributed by atoms with E-state index in [1.807, 2.05) is 12.1 Å². The van der Waals surface area contributed by atoms with Crippen molar-refractivity contribution in [2.75, 3.05) is 0 Å². The lowest BCUT2D eigenvalue weighted by molar-refractivity contribution is 0.427. The molecule has 3 aromatic carbocycles. The molecule has 0 aliphatic carbocycles. The van der Waals surface area contributed by atoms with E-state index in [1.165, 1.54) is 82.5 Å². The van der Waals surface area contributed by atoms with Crippen molar-refractivity contribution in [1.82, 2.24) is 0 Å². The summed E-state index contributed by atoms with van der Waals surface area (Å²) in [5.74, 6) is 0. The van der Waals surface area contributed by atoms with Crippen LogP contribution in [-0.2, 0) is 6.42 Å². The lowest BCUT2D eigenvalue weighted by Gasteiger charge is -2.16. The van der Waals surface area contributed by atoms with Gasteiger partial charge in [-0.05, 0) is 46.0 Å². The second-order valence-corrected chi connectivity index (χ2v) is 9.15. The molecule has 0 saturated carbocycles. The smallest absolute Gasteiger partial charge is 0.423 e. The fraction of sp³-hybridized carbons (Fsp3) is 0.308. The van der Waals surface area contributed by atoms with Crippen LogP contribution in [0.3, 0.4) is 0 Å². The van der Waals surface area contributed by atoms with Crippen LogP contribution >= 0.6 is 11.3 Å². The van der Waals surface area contributed by atoms with Gasteiger partial charge in [0.05, 0.1) is 0 Å². The van der Waals surface area contributed by atoms with Crippen molar-refractivity contribution in [3.63, 3.8) is 0 Å². The Labute approximate surface area is 183 Å². The normalized spacial score (nSPS) is 11.4. The van der Waals surface area contributed by atoms with Crippen LogP contribution < -0.4 is 4.78 Å². The maximum Gasteiger partial charge on any atom is 0.499 e. The van der Waals surface area contributed by atoms with E-state index >= 15 is 0 Å². The highest BCUT2D eigenvalue weighted by molar-refractivity contribution is 7.25. The summed E-state index contributed by atoms with van der Waals surface area (Å²) in [6.07, 6.45) is 8.89. The van der Waals surface area contributed by atoms with E-state index in [2.05, 4.69) is 55.5 Å². The number of aryl methyl sites for hydroxylation is 1. The Balaban J connectivity index is 1.79. The van der Waals surface area contributed by atoms with Gasteiger partial charge in [0.25, 0.3) is 0 Å². The van der Waals surface area contributed by atoms with E-state index in [0.29, 0.717) is 4.78 Å². The average Bonchev–Trinajstić information content (AvgIpc) is 3.25. The highest BCUT2D eigenvalue weighted by atomic mass is 32.1. The van der Waals surface area contributed by atoms with Crippen molar-refractivity contribution >= 4 is 44.8 Å². The molecule has 0 aliphatic rings. The minimum Gasteiger partial charge on any atom is -0.423 e. The van der Waals surface area contributed by atoms with Gasteiger partial charge in [-0.25, -0.2) is 0 Å². The van der Waals surface area contributed by atoms with Gasteiger partial charge in [-0.3, -0.25) is 0 Å². The molecule has 30 heavy (non-hydrogen) atoms. The van der Waals surface area contributed by atoms with E-state index in [0.717, 1.165) is 11.3 Å². The van der Waals surface area contributed by atoms with Gasteiger partial charge in [-0.15, -0.1) is 11.3 Å². The van der Waals surface area contributed by atoms with Crippen molar-refractivity contribution in [3.8, 4) is 10.4 Å². The van der Waals surface area contributed by atoms with E-state index in [1.54, 1.807) is 0 Å². The Morgan fingerprint density at radius 3 is 1.83 bits per heavy atom. The van der Waals surface area contributed by atoms with Gasteiger partial charge in [-0.1, -0.05) is 93.6 Å². The topological polar surface area (TPSA) is 40.5 Å². The highest BCUT2D eigenvalue weighted by Crippen LogP contribution is 2.41. The first-order valence-corrected chi connectivity index (χ1v) is 11.9. The number of thiophene rings is 1. The van der Waals surface area contributed by atoms with Gasteiger partial charge in [0.1, 0.15) is 0 Å². The van der Waals surface area contributed by atoms with Crippen molar-refractivity contribution in [1.29, 1.82) is 0 Å². The predicted octanol–water partition coefficient (Wildman–Crippen LogP) is 6.30. The molecule has 0 radical (unpaired) electrons. The Morgan fingerprint density at radius 1 is 0.700 bits per heavy atom. The van der Waals surface area contributed by atoms with Crippen LogP contribution in [-0.4, -0.2) is 17.2 Å². The Hall–Kier alpha value is -2.14. The summed E-state index contributed by atoms with van der Waals surface area (Å²) in [4.78, 5) is 1.08. The number of benzene rings is 3. The summed E-state index contributed by atoms with van der Waals surface area (Å²) in [6, 6.07) is 21.2. The third-order valence-corrected chi connectivity index (χ3v) is 7.09. The average molecular weight is 416 g/mol. The first kappa shape index (κ1) is 21.1. The zero-order valence-electron chi connectivity index (χ0n) is 17.6. The molecule has 0 spiro atoms. The summed E-state index contributed by atoms with van der Waals surface area (Å²) < 4.78 is 0.578. The standard InChI is InChI=1S/C26H29BO2S/c1-2-3-4-5-6-7-12-19-20-13-8-10-15-22(20)26(23-16-11-9-14-21(19)23)24-17-18-25(30-24)27(28)29/h8-11,13-18,28-29H,2-7,12H2,1H3. The number of rotatable bonds is 9. The van der Waals surface area contributed by atoms with Crippen LogP contribution in [0.1, 0.15) is 51.0 Å². The fourth-order valence-corrected chi connectivity index (χ4v) is 5.42. The molecule has 0 bridgehead atoms. The van der Waals surface area contributed by atoms with E-state index in [-0.39, 0.29) is 0 Å². The Bertz CT molecular complexity index is 1080. The summed E-state index contributed by atoms with van der Waals surface area (Å²) in [6.45, 7) is 2.26. The molecule has 4 heteroatoms. The van der Waals surface area contributed by atoms with Gasteiger partial charge in [0.15, 0.2) is 0 Å². The zero-order chi connectivity index (χ0) is 20.9. The summed E-state index contributed by atoms with van der Waals surface area (Å²) in [5.41, 5.74) is 2.64. The van der Waals surface area contributed by atoms with Crippen molar-refractivity contribution in [3.05, 3.63) is 66.2 Å². The molecule has 0 unspecified atom stereocenters. The molecular formula is C26H29BO2S. The van der Waals surface area contributed by atoms with Crippen LogP contribution in [0, 0.1) is 0 Å². The minimum absolute atomic E-state index is 0.578. The monoisotopic (exact) mass is 416 g/mol. The van der Waals surface area contributed by atoms with Gasteiger partial charge in [0, 0.05) is 15.2 Å². The van der Waals surface area contributed by atoms with Crippen LogP contribution in [0.25, 0.3) is 32.0 Å². The van der Waals surface area contributed by atoms with Crippen LogP contribution in [0.4, 0.5) is 0 Å². The predicted molar refractivity (Wildman–Crippen MR) is 132 cm³/mol. The zero-order valence-corrected chi connectivity index (χ0v) is 18.4. The summed E-state index contributed by atoms with van der Waals surface area (Å²) in [5, 5.41) is 24.3. The third-order valence-electron chi connectivity index (χ3n) is 5.95. The summed E-state index contributed by atoms with van der Waals surface area (Å²) in [7, 11) is -1.42. The van der Waals surface area contributed by atoms with Gasteiger partial charge in [0.2, 0.25) is 0 Å². The lowest BCUT2D eigenvalue weighted by Crippen LogP contribution is -2.26. The first-order valence-electron chi connectivity index (χ1n) is 11.1. The van der Waals surface area contributed by atoms with Gasteiger partial charge in [-0.2, -0.15) is 0 Å². The Kier molecular flexibility index (Phi) is 6.88. The minimum atomic E-state index is -1.42. The number of hydrogen-bond acceptors (Lipinski definition) is 3. The largest absolute Gasteiger partial charge is 0.499 e. The van der Waals surface area contributed by atoms with E-state index in [9.17, 15) is 10.0 Å². The molecule has 1 heterocycles. The molecule has 0 fully saturated rings. The molecule has 4 rings (SSSR count). The number of fused-ring (bicyclic) bond motifs is 2. The molecule has 0 atom stereocenters. The second-order valence-electron chi connectivity index (χ2n) is 8.04. The molecule has 2 nitrogen and oxygen atoms in total. The van der Waals surface area contributed by atoms with Crippen molar-refractivity contribution < 1.29 is 10.0 Å². The van der Waals surface area contributed by atoms with Gasteiger partial charge < -0.3 is 10.0 Å². The number of unbranched alkanes of at least 4 members (excludes halogenated alkanes) is 5. The van der Waals surface area contributed by atoms with Crippen molar-refractivity contribution in [2.45, 2.75) is 51.9 Å². The molecular weight excluding hydrogens is 387 g/mol. The molecule has 4 aromatic rings. The molecule has 0 aliphatic heterocycles. The van der Waals surface area contributed by atoms with Crippen LogP contribution in [0.5, 0.6) is 0 Å². The molecule has 1 aromatic heterocycles.